The molecule has 0 radical (unpaired) electrons. The van der Waals surface area contributed by atoms with Crippen molar-refractivity contribution in [2.75, 3.05) is 16.8 Å². The summed E-state index contributed by atoms with van der Waals surface area (Å²) in [6, 6.07) is 16.1. The summed E-state index contributed by atoms with van der Waals surface area (Å²) in [5, 5.41) is 2.95. The average molecular weight is 344 g/mol. The number of nitrogens with one attached hydrogen (secondary N) is 1. The monoisotopic (exact) mass is 344 g/mol. The van der Waals surface area contributed by atoms with Crippen LogP contribution in [0, 0.1) is 0 Å². The maximum absolute atomic E-state index is 12.5. The lowest BCUT2D eigenvalue weighted by molar-refractivity contribution is 0.102. The van der Waals surface area contributed by atoms with Crippen LogP contribution in [0.1, 0.15) is 28.4 Å². The van der Waals surface area contributed by atoms with Crippen LogP contribution in [-0.2, 0) is 12.8 Å². The molecule has 2 aromatic carbocycles. The number of para-hydroxylation sites is 2. The molecule has 1 aliphatic rings. The summed E-state index contributed by atoms with van der Waals surface area (Å²) in [6.07, 6.45) is 5.02. The average Bonchev–Trinajstić information content (AvgIpc) is 3.12. The maximum Gasteiger partial charge on any atom is 0.258 e. The van der Waals surface area contributed by atoms with E-state index in [-0.39, 0.29) is 5.91 Å². The first-order valence-corrected chi connectivity index (χ1v) is 8.83. The Bertz CT molecular complexity index is 937. The van der Waals surface area contributed by atoms with E-state index in [9.17, 15) is 4.79 Å². The molecule has 1 aromatic heterocycles. The van der Waals surface area contributed by atoms with Gasteiger partial charge in [-0.3, -0.25) is 4.79 Å². The van der Waals surface area contributed by atoms with Crippen LogP contribution in [0.2, 0.25) is 0 Å². The van der Waals surface area contributed by atoms with Gasteiger partial charge in [-0.2, -0.15) is 0 Å². The first-order valence-electron chi connectivity index (χ1n) is 8.83. The predicted octanol–water partition coefficient (Wildman–Crippen LogP) is 3.99. The van der Waals surface area contributed by atoms with Crippen molar-refractivity contribution in [1.29, 1.82) is 0 Å². The molecule has 0 aliphatic carbocycles. The van der Waals surface area contributed by atoms with E-state index in [1.165, 1.54) is 5.56 Å². The van der Waals surface area contributed by atoms with E-state index in [2.05, 4.69) is 39.2 Å². The van der Waals surface area contributed by atoms with Crippen molar-refractivity contribution >= 4 is 23.2 Å². The number of carbonyl (C=O) groups is 1. The molecule has 0 saturated heterocycles. The van der Waals surface area contributed by atoms with Gasteiger partial charge in [0, 0.05) is 30.3 Å². The number of carbonyl (C=O) groups excluding carboxylic acids is 1. The molecule has 5 heteroatoms. The molecule has 5 nitrogen and oxygen atoms in total. The topological polar surface area (TPSA) is 58.1 Å². The Morgan fingerprint density at radius 2 is 1.81 bits per heavy atom. The standard InChI is InChI=1S/C21H20N4O/c1-2-15-7-3-5-9-18(15)24-20(26)17-13-22-21(23-14-17)25-12-11-16-8-4-6-10-19(16)25/h3-10,13-14H,2,11-12H2,1H3,(H,24,26). The van der Waals surface area contributed by atoms with Gasteiger partial charge in [-0.15, -0.1) is 0 Å². The van der Waals surface area contributed by atoms with Crippen LogP contribution in [0.15, 0.2) is 60.9 Å². The summed E-state index contributed by atoms with van der Waals surface area (Å²) >= 11 is 0. The first kappa shape index (κ1) is 16.3. The molecule has 0 bridgehead atoms. The van der Waals surface area contributed by atoms with Crippen LogP contribution in [0.3, 0.4) is 0 Å². The van der Waals surface area contributed by atoms with Gasteiger partial charge in [-0.25, -0.2) is 9.97 Å². The summed E-state index contributed by atoms with van der Waals surface area (Å²) < 4.78 is 0. The van der Waals surface area contributed by atoms with Gasteiger partial charge in [0.1, 0.15) is 0 Å². The van der Waals surface area contributed by atoms with Crippen LogP contribution >= 0.6 is 0 Å². The first-order chi connectivity index (χ1) is 12.8. The van der Waals surface area contributed by atoms with Crippen LogP contribution < -0.4 is 10.2 Å². The number of rotatable bonds is 4. The molecule has 0 saturated carbocycles. The number of anilines is 3. The Kier molecular flexibility index (Phi) is 4.35. The third-order valence-corrected chi connectivity index (χ3v) is 4.68. The van der Waals surface area contributed by atoms with Gasteiger partial charge in [0.2, 0.25) is 5.95 Å². The molecule has 2 heterocycles. The Balaban J connectivity index is 1.52. The number of benzene rings is 2. The number of aryl methyl sites for hydroxylation is 1. The third kappa shape index (κ3) is 3.04. The smallest absolute Gasteiger partial charge is 0.258 e. The van der Waals surface area contributed by atoms with Gasteiger partial charge in [-0.1, -0.05) is 43.3 Å². The van der Waals surface area contributed by atoms with Crippen molar-refractivity contribution in [2.45, 2.75) is 19.8 Å². The minimum absolute atomic E-state index is 0.195. The second-order valence-corrected chi connectivity index (χ2v) is 6.27. The largest absolute Gasteiger partial charge is 0.322 e. The number of hydrogen-bond acceptors (Lipinski definition) is 4. The number of nitrogens with zero attached hydrogens (tertiary/aromatic N) is 3. The summed E-state index contributed by atoms with van der Waals surface area (Å²) in [5.41, 5.74) is 4.83. The second-order valence-electron chi connectivity index (χ2n) is 6.27. The number of amides is 1. The van der Waals surface area contributed by atoms with Crippen molar-refractivity contribution in [3.05, 3.63) is 77.6 Å². The molecule has 1 N–H and O–H groups in total. The lowest BCUT2D eigenvalue weighted by Gasteiger charge is -2.17. The molecule has 0 fully saturated rings. The minimum atomic E-state index is -0.195. The minimum Gasteiger partial charge on any atom is -0.322 e. The molecule has 0 spiro atoms. The van der Waals surface area contributed by atoms with Gasteiger partial charge in [0.25, 0.3) is 5.91 Å². The Morgan fingerprint density at radius 1 is 1.08 bits per heavy atom. The van der Waals surface area contributed by atoms with E-state index in [1.54, 1.807) is 12.4 Å². The maximum atomic E-state index is 12.5. The van der Waals surface area contributed by atoms with Crippen molar-refractivity contribution < 1.29 is 4.79 Å². The molecular weight excluding hydrogens is 324 g/mol. The quantitative estimate of drug-likeness (QED) is 0.777. The van der Waals surface area contributed by atoms with E-state index >= 15 is 0 Å². The van der Waals surface area contributed by atoms with E-state index in [4.69, 9.17) is 0 Å². The van der Waals surface area contributed by atoms with E-state index < -0.39 is 0 Å². The molecule has 0 atom stereocenters. The Hall–Kier alpha value is -3.21. The highest BCUT2D eigenvalue weighted by Gasteiger charge is 2.22. The van der Waals surface area contributed by atoms with Crippen LogP contribution in [0.4, 0.5) is 17.3 Å². The van der Waals surface area contributed by atoms with Crippen molar-refractivity contribution in [3.63, 3.8) is 0 Å². The fourth-order valence-electron chi connectivity index (χ4n) is 3.27. The predicted molar refractivity (Wildman–Crippen MR) is 103 cm³/mol. The van der Waals surface area contributed by atoms with Crippen LogP contribution in [0.25, 0.3) is 0 Å². The highest BCUT2D eigenvalue weighted by Crippen LogP contribution is 2.31. The van der Waals surface area contributed by atoms with Gasteiger partial charge in [-0.05, 0) is 36.1 Å². The zero-order valence-corrected chi connectivity index (χ0v) is 14.6. The van der Waals surface area contributed by atoms with E-state index in [0.29, 0.717) is 11.5 Å². The van der Waals surface area contributed by atoms with Crippen molar-refractivity contribution in [1.82, 2.24) is 9.97 Å². The fourth-order valence-corrected chi connectivity index (χ4v) is 3.27. The molecule has 0 unspecified atom stereocenters. The molecule has 1 amide bonds. The summed E-state index contributed by atoms with van der Waals surface area (Å²) in [7, 11) is 0. The lowest BCUT2D eigenvalue weighted by Crippen LogP contribution is -2.18. The number of aromatic nitrogens is 2. The summed E-state index contributed by atoms with van der Waals surface area (Å²) in [6.45, 7) is 2.92. The normalized spacial score (nSPS) is 12.7. The SMILES string of the molecule is CCc1ccccc1NC(=O)c1cnc(N2CCc3ccccc32)nc1. The van der Waals surface area contributed by atoms with Crippen LogP contribution in [0.5, 0.6) is 0 Å². The third-order valence-electron chi connectivity index (χ3n) is 4.68. The highest BCUT2D eigenvalue weighted by molar-refractivity contribution is 6.04. The van der Waals surface area contributed by atoms with Gasteiger partial charge in [0.15, 0.2) is 0 Å². The van der Waals surface area contributed by atoms with E-state index in [0.717, 1.165) is 36.3 Å². The van der Waals surface area contributed by atoms with Crippen LogP contribution in [-0.4, -0.2) is 22.4 Å². The van der Waals surface area contributed by atoms with E-state index in [1.807, 2.05) is 36.4 Å². The van der Waals surface area contributed by atoms with Gasteiger partial charge < -0.3 is 10.2 Å². The Morgan fingerprint density at radius 3 is 2.62 bits per heavy atom. The molecule has 26 heavy (non-hydrogen) atoms. The fraction of sp³-hybridized carbons (Fsp3) is 0.190. The van der Waals surface area contributed by atoms with Crippen molar-refractivity contribution in [2.24, 2.45) is 0 Å². The number of fused-ring (bicyclic) bond motifs is 1. The molecule has 4 rings (SSSR count). The van der Waals surface area contributed by atoms with Crippen molar-refractivity contribution in [3.8, 4) is 0 Å². The zero-order chi connectivity index (χ0) is 17.9. The van der Waals surface area contributed by atoms with Gasteiger partial charge >= 0.3 is 0 Å². The molecular formula is C21H20N4O. The molecule has 1 aliphatic heterocycles. The second kappa shape index (κ2) is 6.96. The number of hydrogen-bond donors (Lipinski definition) is 1. The summed E-state index contributed by atoms with van der Waals surface area (Å²) in [5.74, 6) is 0.430. The zero-order valence-electron chi connectivity index (χ0n) is 14.6. The molecule has 3 aromatic rings. The van der Waals surface area contributed by atoms with Gasteiger partial charge in [0.05, 0.1) is 5.56 Å². The summed E-state index contributed by atoms with van der Waals surface area (Å²) in [4.78, 5) is 23.4. The Labute approximate surface area is 152 Å². The molecule has 130 valence electrons. The lowest BCUT2D eigenvalue weighted by atomic mass is 10.1. The highest BCUT2D eigenvalue weighted by atomic mass is 16.1.